The fourth-order valence-corrected chi connectivity index (χ4v) is 17.4. The van der Waals surface area contributed by atoms with Crippen molar-refractivity contribution in [1.29, 1.82) is 0 Å². The lowest BCUT2D eigenvalue weighted by molar-refractivity contribution is 0.590. The molecule has 0 spiro atoms. The predicted octanol–water partition coefficient (Wildman–Crippen LogP) is 13.3. The van der Waals surface area contributed by atoms with E-state index in [0.717, 1.165) is 12.8 Å². The van der Waals surface area contributed by atoms with Crippen molar-refractivity contribution in [3.8, 4) is 22.3 Å². The van der Waals surface area contributed by atoms with Gasteiger partial charge in [0.25, 0.3) is 0 Å². The molecule has 244 valence electrons. The van der Waals surface area contributed by atoms with Gasteiger partial charge in [0, 0.05) is 0 Å². The zero-order chi connectivity index (χ0) is 34.2. The normalized spacial score (nSPS) is 15.3. The van der Waals surface area contributed by atoms with E-state index in [2.05, 4.69) is 180 Å². The molecule has 0 radical (unpaired) electrons. The maximum Gasteiger partial charge on any atom is 0.120 e. The Morgan fingerprint density at radius 3 is 1.06 bits per heavy atom. The molecule has 0 aromatic heterocycles. The predicted molar refractivity (Wildman–Crippen MR) is 210 cm³/mol. The minimum absolute atomic E-state index is 0.135. The van der Waals surface area contributed by atoms with Gasteiger partial charge >= 0.3 is 0 Å². The van der Waals surface area contributed by atoms with Crippen LogP contribution in [0.25, 0.3) is 34.4 Å². The second-order valence-corrected chi connectivity index (χ2v) is 24.1. The topological polar surface area (TPSA) is 0 Å². The lowest BCUT2D eigenvalue weighted by Crippen LogP contribution is -2.56. The first-order valence-corrected chi connectivity index (χ1v) is 19.7. The molecule has 0 saturated carbocycles. The Morgan fingerprint density at radius 2 is 0.766 bits per heavy atom. The van der Waals surface area contributed by atoms with Crippen molar-refractivity contribution in [2.24, 2.45) is 0 Å². The van der Waals surface area contributed by atoms with Gasteiger partial charge in [-0.3, -0.25) is 0 Å². The van der Waals surface area contributed by atoms with E-state index in [1.54, 1.807) is 10.4 Å². The summed E-state index contributed by atoms with van der Waals surface area (Å²) in [7, 11) is -2.32. The Balaban J connectivity index is 1.49. The fraction of sp³-hybridized carbons (Fsp3) is 0.391. The van der Waals surface area contributed by atoms with E-state index >= 15 is 0 Å². The molecular formula is C46H56Si. The van der Waals surface area contributed by atoms with Crippen LogP contribution in [0.4, 0.5) is 0 Å². The number of rotatable bonds is 4. The first-order valence-electron chi connectivity index (χ1n) is 17.7. The molecule has 0 unspecified atom stereocenters. The third-order valence-electron chi connectivity index (χ3n) is 11.1. The summed E-state index contributed by atoms with van der Waals surface area (Å²) in [5.41, 5.74) is 14.3. The molecule has 2 aliphatic rings. The van der Waals surface area contributed by atoms with Crippen LogP contribution < -0.4 is 0 Å². The summed E-state index contributed by atoms with van der Waals surface area (Å²) in [4.78, 5) is 0. The summed E-state index contributed by atoms with van der Waals surface area (Å²) in [6.07, 6.45) is 7.42. The SMILES string of the molecule is CC(C)(C)c1ccc(-c2cccc3c2C=C([Si](C2=Cc4c(cccc4-c4ccc(C(C)(C)C)cc4)C2)(C(C)(C)C)C(C)(C)C)C3)cc1. The molecule has 0 fully saturated rings. The molecule has 0 heterocycles. The first-order chi connectivity index (χ1) is 21.8. The molecule has 4 aromatic rings. The first kappa shape index (κ1) is 33.5. The lowest BCUT2D eigenvalue weighted by atomic mass is 9.86. The Kier molecular flexibility index (Phi) is 8.07. The summed E-state index contributed by atoms with van der Waals surface area (Å²) >= 11 is 0. The smallest absolute Gasteiger partial charge is 0.0699 e. The van der Waals surface area contributed by atoms with E-state index in [1.165, 1.54) is 55.6 Å². The van der Waals surface area contributed by atoms with Crippen molar-refractivity contribution in [1.82, 2.24) is 0 Å². The molecule has 4 aromatic carbocycles. The number of fused-ring (bicyclic) bond motifs is 2. The highest BCUT2D eigenvalue weighted by molar-refractivity contribution is 6.98. The van der Waals surface area contributed by atoms with Crippen LogP contribution in [0.2, 0.25) is 10.1 Å². The van der Waals surface area contributed by atoms with E-state index in [0.29, 0.717) is 0 Å². The summed E-state index contributed by atoms with van der Waals surface area (Å²) in [6.45, 7) is 29.0. The lowest BCUT2D eigenvalue weighted by Gasteiger charge is -2.54. The van der Waals surface area contributed by atoms with Gasteiger partial charge in [-0.25, -0.2) is 0 Å². The minimum Gasteiger partial charge on any atom is -0.0699 e. The summed E-state index contributed by atoms with van der Waals surface area (Å²) in [5.74, 6) is 0. The highest BCUT2D eigenvalue weighted by Gasteiger charge is 2.58. The monoisotopic (exact) mass is 636 g/mol. The van der Waals surface area contributed by atoms with E-state index in [9.17, 15) is 0 Å². The second-order valence-electron chi connectivity index (χ2n) is 18.4. The van der Waals surface area contributed by atoms with Gasteiger partial charge in [0.05, 0.1) is 0 Å². The van der Waals surface area contributed by atoms with Crippen molar-refractivity contribution in [2.45, 2.75) is 117 Å². The molecule has 1 heteroatoms. The maximum atomic E-state index is 2.65. The summed E-state index contributed by atoms with van der Waals surface area (Å²) in [6, 6.07) is 32.7. The Hall–Kier alpha value is -3.42. The van der Waals surface area contributed by atoms with Crippen molar-refractivity contribution >= 4 is 20.2 Å². The van der Waals surface area contributed by atoms with Crippen molar-refractivity contribution < 1.29 is 0 Å². The summed E-state index contributed by atoms with van der Waals surface area (Å²) < 4.78 is 0. The molecular weight excluding hydrogens is 581 g/mol. The fourth-order valence-electron chi connectivity index (χ4n) is 9.28. The van der Waals surface area contributed by atoms with Gasteiger partial charge in [-0.05, 0) is 89.4 Å². The van der Waals surface area contributed by atoms with Crippen molar-refractivity contribution in [3.05, 3.63) is 129 Å². The molecule has 0 nitrogen and oxygen atoms in total. The van der Waals surface area contributed by atoms with Crippen LogP contribution >= 0.6 is 0 Å². The van der Waals surface area contributed by atoms with Gasteiger partial charge in [-0.1, -0.05) is 191 Å². The average molecular weight is 637 g/mol. The minimum atomic E-state index is -2.32. The Morgan fingerprint density at radius 1 is 0.426 bits per heavy atom. The Bertz CT molecular complexity index is 1720. The quantitative estimate of drug-likeness (QED) is 0.196. The van der Waals surface area contributed by atoms with E-state index in [1.807, 2.05) is 0 Å². The molecule has 0 bridgehead atoms. The molecule has 0 saturated heterocycles. The van der Waals surface area contributed by atoms with Crippen LogP contribution in [0.3, 0.4) is 0 Å². The van der Waals surface area contributed by atoms with E-state index < -0.39 is 8.07 Å². The molecule has 0 aliphatic heterocycles. The van der Waals surface area contributed by atoms with E-state index in [-0.39, 0.29) is 20.9 Å². The standard InChI is InChI=1S/C46H56Si/c1-43(2,3)35-23-19-31(20-24-35)39-17-13-15-33-27-37(29-41(33)39)47(45(7,8)9,46(10,11)12)38-28-34-16-14-18-40(42(34)30-38)32-21-25-36(26-22-32)44(4,5)6/h13-26,29-30H,27-28H2,1-12H3. The molecule has 2 aliphatic carbocycles. The van der Waals surface area contributed by atoms with E-state index in [4.69, 9.17) is 0 Å². The largest absolute Gasteiger partial charge is 0.120 e. The molecule has 0 N–H and O–H groups in total. The number of hydrogen-bond donors (Lipinski definition) is 0. The van der Waals surface area contributed by atoms with Gasteiger partial charge in [-0.15, -0.1) is 0 Å². The van der Waals surface area contributed by atoms with Gasteiger partial charge in [0.1, 0.15) is 8.07 Å². The number of hydrogen-bond acceptors (Lipinski definition) is 0. The maximum absolute atomic E-state index is 2.65. The van der Waals surface area contributed by atoms with Gasteiger partial charge in [0.2, 0.25) is 0 Å². The van der Waals surface area contributed by atoms with Crippen LogP contribution in [-0.2, 0) is 23.7 Å². The van der Waals surface area contributed by atoms with Crippen molar-refractivity contribution in [2.75, 3.05) is 0 Å². The number of allylic oxidation sites excluding steroid dienone is 2. The van der Waals surface area contributed by atoms with Gasteiger partial charge in [0.15, 0.2) is 0 Å². The summed E-state index contributed by atoms with van der Waals surface area (Å²) in [5, 5.41) is 3.66. The Labute approximate surface area is 287 Å². The van der Waals surface area contributed by atoms with Crippen LogP contribution in [0.5, 0.6) is 0 Å². The molecule has 0 atom stereocenters. The van der Waals surface area contributed by atoms with Crippen molar-refractivity contribution in [3.63, 3.8) is 0 Å². The van der Waals surface area contributed by atoms with Crippen LogP contribution in [0.15, 0.2) is 95.3 Å². The zero-order valence-electron chi connectivity index (χ0n) is 31.2. The van der Waals surface area contributed by atoms with Gasteiger partial charge < -0.3 is 0 Å². The van der Waals surface area contributed by atoms with Gasteiger partial charge in [-0.2, -0.15) is 0 Å². The van der Waals surface area contributed by atoms with Crippen LogP contribution in [-0.4, -0.2) is 8.07 Å². The molecule has 6 rings (SSSR count). The average Bonchev–Trinajstić information content (AvgIpc) is 3.60. The highest BCUT2D eigenvalue weighted by atomic mass is 28.3. The molecule has 0 amide bonds. The molecule has 47 heavy (non-hydrogen) atoms. The third-order valence-corrected chi connectivity index (χ3v) is 18.2. The zero-order valence-corrected chi connectivity index (χ0v) is 32.2. The van der Waals surface area contributed by atoms with Crippen LogP contribution in [0, 0.1) is 0 Å². The highest BCUT2D eigenvalue weighted by Crippen LogP contribution is 2.62. The number of benzene rings is 4. The van der Waals surface area contributed by atoms with Crippen LogP contribution in [0.1, 0.15) is 116 Å². The second kappa shape index (κ2) is 11.3. The third kappa shape index (κ3) is 5.73.